The summed E-state index contributed by atoms with van der Waals surface area (Å²) >= 11 is 0. The van der Waals surface area contributed by atoms with Crippen molar-refractivity contribution >= 4 is 48.6 Å². The molecule has 54 heavy (non-hydrogen) atoms. The van der Waals surface area contributed by atoms with Crippen molar-refractivity contribution in [2.24, 2.45) is 0 Å². The second-order valence-electron chi connectivity index (χ2n) is 11.7. The molecule has 1 aromatic rings. The Morgan fingerprint density at radius 1 is 0.870 bits per heavy atom. The first-order valence-electron chi connectivity index (χ1n) is 15.6. The Balaban J connectivity index is 1.62. The maximum absolute atomic E-state index is 12.6. The number of nitrogens with zero attached hydrogens (tertiary/aromatic N) is 1. The highest BCUT2D eigenvalue weighted by Crippen LogP contribution is 2.45. The van der Waals surface area contributed by atoms with Gasteiger partial charge in [0.15, 0.2) is 11.7 Å². The van der Waals surface area contributed by atoms with E-state index >= 15 is 0 Å². The lowest BCUT2D eigenvalue weighted by Crippen LogP contribution is -2.46. The van der Waals surface area contributed by atoms with Gasteiger partial charge < -0.3 is 51.3 Å². The number of hydrogen-bond acceptors (Lipinski definition) is 15. The number of H-pyrrole nitrogens is 2. The average molecular weight is 790 g/mol. The van der Waals surface area contributed by atoms with Crippen molar-refractivity contribution < 1.29 is 78.2 Å². The standard InChI is InChI=1S/C29H36N5O19P/c1-11(24(42)31-16(28(47)48)4-6-19(37)30-15(27(45)46)5-7-20(38)39)53-54(50,51)52-10-18(36)21(40)22(41)26(44)34-17-9-13(35)3-2-12(17)8-14-23(34)32-29(49)33-25(14)43/h2-3,8-9,11,15-16,18,21-22,26,36,40-41,44H,4-7,10H2,1H3,(H,30,37)(H,31,42)(H,38,39)(H,45,46)(H,47,48)(H,50,51)(H2,32,33,43,49)/t11-,15-,16-,18-,21-,22-,26-/m0/s1. The second kappa shape index (κ2) is 18.1. The van der Waals surface area contributed by atoms with Gasteiger partial charge in [-0.1, -0.05) is 0 Å². The molecule has 1 aliphatic carbocycles. The zero-order valence-corrected chi connectivity index (χ0v) is 28.7. The number of carboxylic acids is 3. The zero-order chi connectivity index (χ0) is 40.7. The molecule has 0 saturated heterocycles. The van der Waals surface area contributed by atoms with Crippen LogP contribution in [0.5, 0.6) is 0 Å². The molecule has 1 aliphatic heterocycles. The number of amides is 2. The molecular formula is C29H36N5O19P. The highest BCUT2D eigenvalue weighted by Gasteiger charge is 2.37. The van der Waals surface area contributed by atoms with Gasteiger partial charge >= 0.3 is 31.4 Å². The van der Waals surface area contributed by atoms with Crippen molar-refractivity contribution in [2.45, 2.75) is 75.3 Å². The van der Waals surface area contributed by atoms with E-state index < -0.39 is 135 Å². The number of pyridine rings is 1. The van der Waals surface area contributed by atoms with E-state index in [1.165, 1.54) is 12.1 Å². The smallest absolute Gasteiger partial charge is 0.473 e. The lowest BCUT2D eigenvalue weighted by molar-refractivity contribution is -0.144. The summed E-state index contributed by atoms with van der Waals surface area (Å²) in [6.45, 7) is -0.418. The number of aromatic amines is 2. The van der Waals surface area contributed by atoms with E-state index in [1.807, 2.05) is 15.6 Å². The third-order valence-electron chi connectivity index (χ3n) is 7.70. The summed E-state index contributed by atoms with van der Waals surface area (Å²) in [4.78, 5) is 109. The molecule has 1 aromatic heterocycles. The number of phosphoric acid groups is 1. The number of benzene rings is 1. The van der Waals surface area contributed by atoms with Gasteiger partial charge in [0.05, 0.1) is 17.7 Å². The molecule has 3 rings (SSSR count). The lowest BCUT2D eigenvalue weighted by Gasteiger charge is -2.30. The van der Waals surface area contributed by atoms with Crippen LogP contribution in [0.25, 0.3) is 22.3 Å². The molecule has 0 radical (unpaired) electrons. The minimum Gasteiger partial charge on any atom is -0.481 e. The highest BCUT2D eigenvalue weighted by atomic mass is 31.2. The molecule has 2 amide bonds. The average Bonchev–Trinajstić information content (AvgIpc) is 3.08. The number of aliphatic hydroxyl groups excluding tert-OH is 4. The minimum absolute atomic E-state index is 0.130. The molecule has 0 saturated carbocycles. The summed E-state index contributed by atoms with van der Waals surface area (Å²) in [5.41, 5.74) is -2.92. The molecule has 8 atom stereocenters. The minimum atomic E-state index is -5.33. The highest BCUT2D eigenvalue weighted by molar-refractivity contribution is 7.47. The van der Waals surface area contributed by atoms with Crippen LogP contribution >= 0.6 is 7.82 Å². The Bertz CT molecular complexity index is 2080. The third-order valence-corrected chi connectivity index (χ3v) is 8.76. The van der Waals surface area contributed by atoms with Gasteiger partial charge in [-0.3, -0.25) is 47.6 Å². The van der Waals surface area contributed by atoms with Gasteiger partial charge in [0.2, 0.25) is 11.8 Å². The summed E-state index contributed by atoms with van der Waals surface area (Å²) < 4.78 is 22.5. The van der Waals surface area contributed by atoms with Gasteiger partial charge in [-0.25, -0.2) is 18.9 Å². The van der Waals surface area contributed by atoms with E-state index in [-0.39, 0.29) is 16.6 Å². The SMILES string of the molecule is C[C@H](OP(=O)(O)OC[C@H](O)[C@H](O)[C@H](O)[C@H](O)n1c2cc(=O)ccc-2cc2c(=O)[nH]c(=O)[nH]c21)C(=O)N[C@@H](CCC(=O)N[C@@H](CCC(=O)O)C(=O)O)C(=O)O. The van der Waals surface area contributed by atoms with E-state index in [0.29, 0.717) is 0 Å². The fourth-order valence-corrected chi connectivity index (χ4v) is 5.83. The quantitative estimate of drug-likeness (QED) is 0.0388. The van der Waals surface area contributed by atoms with Gasteiger partial charge in [-0.15, -0.1) is 0 Å². The number of hydrogen-bond donors (Lipinski definition) is 12. The topological polar surface area (TPSA) is 394 Å². The Labute approximate surface area is 300 Å². The largest absolute Gasteiger partial charge is 0.481 e. The number of rotatable bonds is 20. The predicted molar refractivity (Wildman–Crippen MR) is 177 cm³/mol. The van der Waals surface area contributed by atoms with Crippen LogP contribution in [0.3, 0.4) is 0 Å². The Morgan fingerprint density at radius 2 is 1.48 bits per heavy atom. The number of phosphoric ester groups is 1. The Hall–Kier alpha value is -5.33. The first kappa shape index (κ1) is 43.1. The van der Waals surface area contributed by atoms with Crippen molar-refractivity contribution in [3.8, 4) is 11.3 Å². The zero-order valence-electron chi connectivity index (χ0n) is 27.8. The number of fused-ring (bicyclic) bond motifs is 2. The normalized spacial score (nSPS) is 16.6. The lowest BCUT2D eigenvalue weighted by atomic mass is 10.0. The van der Waals surface area contributed by atoms with E-state index in [1.54, 1.807) is 0 Å². The van der Waals surface area contributed by atoms with Crippen LogP contribution in [0.15, 0.2) is 38.6 Å². The van der Waals surface area contributed by atoms with Crippen molar-refractivity contribution in [2.75, 3.05) is 6.61 Å². The first-order chi connectivity index (χ1) is 25.1. The van der Waals surface area contributed by atoms with E-state index in [0.717, 1.165) is 23.6 Å². The van der Waals surface area contributed by atoms with Crippen molar-refractivity contribution in [3.05, 3.63) is 55.3 Å². The van der Waals surface area contributed by atoms with Gasteiger partial charge in [0.25, 0.3) is 5.56 Å². The number of carbonyl (C=O) groups excluding carboxylic acids is 2. The Morgan fingerprint density at radius 3 is 2.09 bits per heavy atom. The number of aliphatic hydroxyl groups is 4. The molecule has 0 fully saturated rings. The molecule has 2 heterocycles. The van der Waals surface area contributed by atoms with Crippen LogP contribution in [0.1, 0.15) is 38.8 Å². The third kappa shape index (κ3) is 11.3. The van der Waals surface area contributed by atoms with Crippen LogP contribution in [-0.4, -0.2) is 128 Å². The van der Waals surface area contributed by atoms with Gasteiger partial charge in [0, 0.05) is 18.9 Å². The Kier molecular flexibility index (Phi) is 14.5. The fraction of sp³-hybridized carbons (Fsp3) is 0.448. The molecule has 1 unspecified atom stereocenters. The molecule has 0 spiro atoms. The fourth-order valence-electron chi connectivity index (χ4n) is 4.93. The number of aromatic nitrogens is 3. The summed E-state index contributed by atoms with van der Waals surface area (Å²) in [6, 6.07) is 1.23. The van der Waals surface area contributed by atoms with E-state index in [2.05, 4.69) is 14.0 Å². The maximum atomic E-state index is 12.6. The monoisotopic (exact) mass is 789 g/mol. The number of carbonyl (C=O) groups is 5. The molecule has 24 nitrogen and oxygen atoms in total. The van der Waals surface area contributed by atoms with Crippen LogP contribution in [0.2, 0.25) is 0 Å². The molecule has 2 aliphatic rings. The molecule has 296 valence electrons. The van der Waals surface area contributed by atoms with Crippen LogP contribution in [0, 0.1) is 0 Å². The summed E-state index contributed by atoms with van der Waals surface area (Å²) in [6.07, 6.45) is -13.7. The van der Waals surface area contributed by atoms with Gasteiger partial charge in [-0.05, 0) is 43.5 Å². The number of nitrogens with one attached hydrogen (secondary N) is 4. The van der Waals surface area contributed by atoms with Crippen LogP contribution in [-0.2, 0) is 37.6 Å². The second-order valence-corrected chi connectivity index (χ2v) is 13.1. The maximum Gasteiger partial charge on any atom is 0.473 e. The van der Waals surface area contributed by atoms with E-state index in [9.17, 15) is 73.3 Å². The molecule has 25 heteroatoms. The summed E-state index contributed by atoms with van der Waals surface area (Å²) in [5.74, 6) is -6.85. The van der Waals surface area contributed by atoms with Gasteiger partial charge in [-0.2, -0.15) is 0 Å². The van der Waals surface area contributed by atoms with Crippen LogP contribution in [0.4, 0.5) is 0 Å². The molecule has 0 aromatic carbocycles. The summed E-state index contributed by atoms with van der Waals surface area (Å²) in [5, 5.41) is 73.9. The van der Waals surface area contributed by atoms with E-state index in [4.69, 9.17) is 10.2 Å². The molecular weight excluding hydrogens is 753 g/mol. The first-order valence-corrected chi connectivity index (χ1v) is 17.1. The predicted octanol–water partition coefficient (Wildman–Crippen LogP) is -3.64. The number of aliphatic carboxylic acids is 3. The summed E-state index contributed by atoms with van der Waals surface area (Å²) in [7, 11) is -5.33. The van der Waals surface area contributed by atoms with Crippen molar-refractivity contribution in [1.82, 2.24) is 25.2 Å². The van der Waals surface area contributed by atoms with Crippen molar-refractivity contribution in [1.29, 1.82) is 0 Å². The van der Waals surface area contributed by atoms with Crippen molar-refractivity contribution in [3.63, 3.8) is 0 Å². The van der Waals surface area contributed by atoms with Gasteiger partial charge in [0.1, 0.15) is 42.1 Å². The number of carboxylic acid groups (broad SMARTS) is 3. The molecule has 0 bridgehead atoms. The molecule has 12 N–H and O–H groups in total. The van der Waals surface area contributed by atoms with Crippen LogP contribution < -0.4 is 27.3 Å².